The minimum Gasteiger partial charge on any atom is -0.465 e. The van der Waals surface area contributed by atoms with E-state index in [-0.39, 0.29) is 18.0 Å². The van der Waals surface area contributed by atoms with E-state index >= 15 is 0 Å². The molecule has 1 N–H and O–H groups in total. The third-order valence-electron chi connectivity index (χ3n) is 2.18. The number of benzene rings is 1. The van der Waals surface area contributed by atoms with E-state index in [1.807, 2.05) is 0 Å². The summed E-state index contributed by atoms with van der Waals surface area (Å²) in [5, 5.41) is 3.02. The molecule has 1 rings (SSSR count). The number of ether oxygens (including phenoxy) is 1. The largest absolute Gasteiger partial charge is 0.465 e. The summed E-state index contributed by atoms with van der Waals surface area (Å²) < 4.78 is 28.2. The van der Waals surface area contributed by atoms with E-state index < -0.39 is 21.7 Å². The van der Waals surface area contributed by atoms with Crippen molar-refractivity contribution in [2.24, 2.45) is 0 Å². The number of hydrogen-bond acceptors (Lipinski definition) is 5. The first-order valence-corrected chi connectivity index (χ1v) is 7.42. The zero-order valence-corrected chi connectivity index (χ0v) is 11.7. The number of esters is 1. The van der Waals surface area contributed by atoms with Gasteiger partial charge in [-0.3, -0.25) is 9.59 Å². The van der Waals surface area contributed by atoms with Gasteiger partial charge in [0.1, 0.15) is 6.54 Å². The van der Waals surface area contributed by atoms with Crippen molar-refractivity contribution in [2.45, 2.75) is 11.8 Å². The maximum absolute atomic E-state index is 11.8. The van der Waals surface area contributed by atoms with Gasteiger partial charge in [0.05, 0.1) is 11.5 Å². The highest BCUT2D eigenvalue weighted by Crippen LogP contribution is 2.10. The lowest BCUT2D eigenvalue weighted by Crippen LogP contribution is -2.29. The lowest BCUT2D eigenvalue weighted by molar-refractivity contribution is -0.143. The molecule has 7 heteroatoms. The van der Waals surface area contributed by atoms with Crippen LogP contribution in [-0.4, -0.2) is 33.4 Å². The van der Waals surface area contributed by atoms with Crippen LogP contribution in [0.4, 0.5) is 0 Å². The van der Waals surface area contributed by atoms with Gasteiger partial charge in [-0.15, -0.1) is 0 Å². The normalized spacial score (nSPS) is 11.2. The van der Waals surface area contributed by atoms with Crippen LogP contribution in [0, 0.1) is 0 Å². The van der Waals surface area contributed by atoms with E-state index in [0.29, 0.717) is 0 Å². The van der Waals surface area contributed by atoms with Crippen LogP contribution in [0.2, 0.25) is 0 Å². The molecule has 0 atom stereocenters. The van der Waals surface area contributed by atoms with Gasteiger partial charge < -0.3 is 10.1 Å². The average molecular weight is 297 g/mol. The smallest absolute Gasteiger partial charge is 0.325 e. The Morgan fingerprint density at radius 2 is 1.90 bits per heavy atom. The number of sulfone groups is 1. The molecule has 0 heterocycles. The van der Waals surface area contributed by atoms with Crippen LogP contribution in [0.5, 0.6) is 0 Å². The molecule has 1 amide bonds. The number of nitrogens with one attached hydrogen (secondary N) is 1. The minimum absolute atomic E-state index is 0.0921. The van der Waals surface area contributed by atoms with Crippen LogP contribution in [0.25, 0.3) is 0 Å². The number of rotatable bonds is 6. The van der Waals surface area contributed by atoms with Crippen LogP contribution in [-0.2, 0) is 24.2 Å². The average Bonchev–Trinajstić information content (AvgIpc) is 2.44. The Kier molecular flexibility index (Phi) is 5.92. The van der Waals surface area contributed by atoms with Crippen molar-refractivity contribution in [3.8, 4) is 0 Å². The second kappa shape index (κ2) is 7.44. The van der Waals surface area contributed by atoms with Crippen molar-refractivity contribution in [2.75, 3.05) is 13.2 Å². The Balaban J connectivity index is 2.59. The standard InChI is InChI=1S/C13H15NO5S/c1-2-19-13(16)10-14-12(15)8-9-20(17,18)11-6-4-3-5-7-11/h3-9H,2,10H2,1H3,(H,14,15). The summed E-state index contributed by atoms with van der Waals surface area (Å²) in [5.74, 6) is -1.27. The number of amides is 1. The Labute approximate surface area is 117 Å². The summed E-state index contributed by atoms with van der Waals surface area (Å²) in [6, 6.07) is 7.71. The van der Waals surface area contributed by atoms with E-state index in [0.717, 1.165) is 11.5 Å². The van der Waals surface area contributed by atoms with E-state index in [4.69, 9.17) is 0 Å². The van der Waals surface area contributed by atoms with Crippen molar-refractivity contribution in [3.05, 3.63) is 41.8 Å². The molecule has 0 saturated carbocycles. The van der Waals surface area contributed by atoms with Gasteiger partial charge >= 0.3 is 5.97 Å². The van der Waals surface area contributed by atoms with Crippen LogP contribution in [0.1, 0.15) is 6.92 Å². The predicted molar refractivity (Wildman–Crippen MR) is 72.4 cm³/mol. The SMILES string of the molecule is CCOC(=O)CNC(=O)C=CS(=O)(=O)c1ccccc1. The summed E-state index contributed by atoms with van der Waals surface area (Å²) in [6.45, 7) is 1.56. The first kappa shape index (κ1) is 15.9. The Bertz CT molecular complexity index is 592. The molecule has 0 aliphatic rings. The molecule has 0 aliphatic carbocycles. The molecule has 0 fully saturated rings. The maximum atomic E-state index is 11.8. The van der Waals surface area contributed by atoms with Crippen LogP contribution in [0.3, 0.4) is 0 Å². The molecule has 0 spiro atoms. The third kappa shape index (κ3) is 5.23. The molecule has 0 radical (unpaired) electrons. The van der Waals surface area contributed by atoms with E-state index in [9.17, 15) is 18.0 Å². The van der Waals surface area contributed by atoms with Gasteiger partial charge in [-0.1, -0.05) is 18.2 Å². The number of carbonyl (C=O) groups excluding carboxylic acids is 2. The molecule has 0 aromatic heterocycles. The molecular formula is C13H15NO5S. The van der Waals surface area contributed by atoms with E-state index in [1.54, 1.807) is 25.1 Å². The molecule has 20 heavy (non-hydrogen) atoms. The molecule has 108 valence electrons. The second-order valence-corrected chi connectivity index (χ2v) is 5.52. The molecule has 0 unspecified atom stereocenters. The second-order valence-electron chi connectivity index (χ2n) is 3.68. The Morgan fingerprint density at radius 3 is 2.50 bits per heavy atom. The quantitative estimate of drug-likeness (QED) is 0.615. The van der Waals surface area contributed by atoms with Gasteiger partial charge in [0, 0.05) is 11.5 Å². The van der Waals surface area contributed by atoms with Crippen molar-refractivity contribution >= 4 is 21.7 Å². The van der Waals surface area contributed by atoms with Crippen molar-refractivity contribution in [3.63, 3.8) is 0 Å². The summed E-state index contributed by atoms with van der Waals surface area (Å²) in [5.41, 5.74) is 0. The third-order valence-corrected chi connectivity index (χ3v) is 3.61. The van der Waals surface area contributed by atoms with Crippen molar-refractivity contribution < 1.29 is 22.7 Å². The Morgan fingerprint density at radius 1 is 1.25 bits per heavy atom. The maximum Gasteiger partial charge on any atom is 0.325 e. The molecule has 1 aromatic carbocycles. The molecule has 0 saturated heterocycles. The molecule has 0 bridgehead atoms. The lowest BCUT2D eigenvalue weighted by atomic mass is 10.4. The summed E-state index contributed by atoms with van der Waals surface area (Å²) in [4.78, 5) is 22.4. The van der Waals surface area contributed by atoms with Crippen LogP contribution < -0.4 is 5.32 Å². The van der Waals surface area contributed by atoms with Gasteiger partial charge in [-0.05, 0) is 19.1 Å². The summed E-state index contributed by atoms with van der Waals surface area (Å²) in [6.07, 6.45) is 0.863. The van der Waals surface area contributed by atoms with Crippen molar-refractivity contribution in [1.29, 1.82) is 0 Å². The summed E-state index contributed by atoms with van der Waals surface area (Å²) in [7, 11) is -3.66. The lowest BCUT2D eigenvalue weighted by Gasteiger charge is -2.02. The van der Waals surface area contributed by atoms with Gasteiger partial charge in [0.25, 0.3) is 0 Å². The Hall–Kier alpha value is -2.15. The molecule has 0 aliphatic heterocycles. The number of carbonyl (C=O) groups is 2. The van der Waals surface area contributed by atoms with E-state index in [2.05, 4.69) is 10.1 Å². The molecule has 6 nitrogen and oxygen atoms in total. The molecule has 1 aromatic rings. The molecular weight excluding hydrogens is 282 g/mol. The zero-order valence-electron chi connectivity index (χ0n) is 10.9. The fourth-order valence-electron chi connectivity index (χ4n) is 1.27. The number of hydrogen-bond donors (Lipinski definition) is 1. The van der Waals surface area contributed by atoms with Gasteiger partial charge in [0.15, 0.2) is 9.84 Å². The first-order chi connectivity index (χ1) is 9.45. The first-order valence-electron chi connectivity index (χ1n) is 5.87. The predicted octanol–water partition coefficient (Wildman–Crippen LogP) is 0.653. The van der Waals surface area contributed by atoms with Gasteiger partial charge in [-0.2, -0.15) is 0 Å². The highest BCUT2D eigenvalue weighted by molar-refractivity contribution is 7.94. The minimum atomic E-state index is -3.66. The van der Waals surface area contributed by atoms with Gasteiger partial charge in [0.2, 0.25) is 5.91 Å². The zero-order chi connectivity index (χ0) is 15.0. The monoisotopic (exact) mass is 297 g/mol. The highest BCUT2D eigenvalue weighted by atomic mass is 32.2. The van der Waals surface area contributed by atoms with E-state index in [1.165, 1.54) is 12.1 Å². The highest BCUT2D eigenvalue weighted by Gasteiger charge is 2.10. The topological polar surface area (TPSA) is 89.5 Å². The fourth-order valence-corrected chi connectivity index (χ4v) is 2.27. The van der Waals surface area contributed by atoms with Crippen molar-refractivity contribution in [1.82, 2.24) is 5.32 Å². The summed E-state index contributed by atoms with van der Waals surface area (Å²) >= 11 is 0. The fraction of sp³-hybridized carbons (Fsp3) is 0.231. The van der Waals surface area contributed by atoms with Crippen LogP contribution in [0.15, 0.2) is 46.7 Å². The van der Waals surface area contributed by atoms with Crippen LogP contribution >= 0.6 is 0 Å². The van der Waals surface area contributed by atoms with Gasteiger partial charge in [-0.25, -0.2) is 8.42 Å².